The molecule has 0 fully saturated rings. The summed E-state index contributed by atoms with van der Waals surface area (Å²) in [4.78, 5) is 36.4. The zero-order valence-electron chi connectivity index (χ0n) is 14.3. The third kappa shape index (κ3) is 5.17. The molecule has 0 saturated carbocycles. The predicted molar refractivity (Wildman–Crippen MR) is 98.5 cm³/mol. The van der Waals surface area contributed by atoms with Crippen LogP contribution in [0.3, 0.4) is 0 Å². The van der Waals surface area contributed by atoms with Crippen molar-refractivity contribution in [1.29, 1.82) is 0 Å². The number of carbonyl (C=O) groups is 3. The molecule has 0 aliphatic carbocycles. The monoisotopic (exact) mass is 354 g/mol. The van der Waals surface area contributed by atoms with Gasteiger partial charge in [-0.1, -0.05) is 18.2 Å². The third-order valence-electron chi connectivity index (χ3n) is 3.36. The smallest absolute Gasteiger partial charge is 0.335 e. The highest BCUT2D eigenvalue weighted by Gasteiger charge is 2.13. The normalized spacial score (nSPS) is 10.4. The van der Waals surface area contributed by atoms with E-state index in [1.807, 2.05) is 43.3 Å². The first-order valence-corrected chi connectivity index (χ1v) is 7.62. The Morgan fingerprint density at radius 1 is 1.04 bits per heavy atom. The van der Waals surface area contributed by atoms with Gasteiger partial charge in [0, 0.05) is 25.5 Å². The van der Waals surface area contributed by atoms with E-state index in [-0.39, 0.29) is 11.3 Å². The number of carbonyl (C=O) groups excluding carboxylic acids is 2. The molecule has 8 nitrogen and oxygen atoms in total. The van der Waals surface area contributed by atoms with E-state index in [0.717, 1.165) is 11.3 Å². The Balaban J connectivity index is 1.91. The van der Waals surface area contributed by atoms with Gasteiger partial charge in [0.15, 0.2) is 0 Å². The molecule has 2 amide bonds. The Bertz CT molecular complexity index is 845. The number of aromatic carboxylic acids is 1. The molecule has 134 valence electrons. The third-order valence-corrected chi connectivity index (χ3v) is 3.36. The second kappa shape index (κ2) is 8.43. The van der Waals surface area contributed by atoms with Crippen LogP contribution in [0.5, 0.6) is 0 Å². The minimum atomic E-state index is -1.13. The first-order valence-electron chi connectivity index (χ1n) is 7.62. The average molecular weight is 354 g/mol. The van der Waals surface area contributed by atoms with Crippen LogP contribution in [0.2, 0.25) is 0 Å². The topological polar surface area (TPSA) is 111 Å². The van der Waals surface area contributed by atoms with E-state index in [2.05, 4.69) is 15.8 Å². The number of carboxylic acid groups (broad SMARTS) is 1. The number of rotatable bonds is 5. The summed E-state index contributed by atoms with van der Waals surface area (Å²) in [5, 5.41) is 15.0. The van der Waals surface area contributed by atoms with Gasteiger partial charge >= 0.3 is 17.8 Å². The number of hydrogen-bond acceptors (Lipinski definition) is 5. The van der Waals surface area contributed by atoms with Crippen molar-refractivity contribution >= 4 is 35.4 Å². The van der Waals surface area contributed by atoms with E-state index >= 15 is 0 Å². The standard InChI is InChI=1S/C18H18N4O4/c1-22(2)15-8-6-12(7-9-15)11-19-21-17(24)16(23)20-14-5-3-4-13(10-14)18(25)26/h3-11H,1-2H3,(H,20,23)(H,21,24)(H,25,26)/b19-11+. The Morgan fingerprint density at radius 3 is 2.35 bits per heavy atom. The second-order valence-corrected chi connectivity index (χ2v) is 5.53. The molecule has 0 radical (unpaired) electrons. The van der Waals surface area contributed by atoms with E-state index in [1.54, 1.807) is 0 Å². The van der Waals surface area contributed by atoms with Gasteiger partial charge in [-0.3, -0.25) is 9.59 Å². The van der Waals surface area contributed by atoms with Gasteiger partial charge in [-0.25, -0.2) is 10.2 Å². The molecule has 0 heterocycles. The number of amides is 2. The number of hydrazone groups is 1. The molecule has 2 rings (SSSR count). The number of anilines is 2. The van der Waals surface area contributed by atoms with Gasteiger partial charge in [-0.05, 0) is 35.9 Å². The van der Waals surface area contributed by atoms with Gasteiger partial charge in [-0.2, -0.15) is 5.10 Å². The number of carboxylic acids is 1. The average Bonchev–Trinajstić information content (AvgIpc) is 2.62. The van der Waals surface area contributed by atoms with Gasteiger partial charge in [-0.15, -0.1) is 0 Å². The van der Waals surface area contributed by atoms with Crippen LogP contribution >= 0.6 is 0 Å². The van der Waals surface area contributed by atoms with Crippen LogP contribution in [0.4, 0.5) is 11.4 Å². The lowest BCUT2D eigenvalue weighted by atomic mass is 10.2. The van der Waals surface area contributed by atoms with Gasteiger partial charge in [0.05, 0.1) is 11.8 Å². The molecule has 26 heavy (non-hydrogen) atoms. The Kier molecular flexibility index (Phi) is 6.05. The van der Waals surface area contributed by atoms with Gasteiger partial charge in [0.25, 0.3) is 0 Å². The minimum absolute atomic E-state index is 0.00222. The molecule has 8 heteroatoms. The Hall–Kier alpha value is -3.68. The van der Waals surface area contributed by atoms with Crippen LogP contribution in [0.25, 0.3) is 0 Å². The SMILES string of the molecule is CN(C)c1ccc(/C=N/NC(=O)C(=O)Nc2cccc(C(=O)O)c2)cc1. The molecule has 0 spiro atoms. The first-order chi connectivity index (χ1) is 12.4. The number of benzene rings is 2. The van der Waals surface area contributed by atoms with Crippen molar-refractivity contribution in [2.24, 2.45) is 5.10 Å². The molecule has 0 saturated heterocycles. The molecule has 3 N–H and O–H groups in total. The lowest BCUT2D eigenvalue weighted by molar-refractivity contribution is -0.136. The van der Waals surface area contributed by atoms with Crippen LogP contribution in [-0.4, -0.2) is 43.2 Å². The van der Waals surface area contributed by atoms with Crippen molar-refractivity contribution in [2.45, 2.75) is 0 Å². The molecule has 0 aromatic heterocycles. The van der Waals surface area contributed by atoms with Crippen molar-refractivity contribution in [3.8, 4) is 0 Å². The van der Waals surface area contributed by atoms with E-state index in [0.29, 0.717) is 0 Å². The van der Waals surface area contributed by atoms with Gasteiger partial charge < -0.3 is 15.3 Å². The molecule has 0 aliphatic rings. The van der Waals surface area contributed by atoms with Crippen LogP contribution in [0, 0.1) is 0 Å². The Morgan fingerprint density at radius 2 is 1.73 bits per heavy atom. The molecule has 2 aromatic carbocycles. The summed E-state index contributed by atoms with van der Waals surface area (Å²) in [5.41, 5.74) is 4.10. The number of hydrogen-bond donors (Lipinski definition) is 3. The lowest BCUT2D eigenvalue weighted by Gasteiger charge is -2.11. The highest BCUT2D eigenvalue weighted by atomic mass is 16.4. The minimum Gasteiger partial charge on any atom is -0.478 e. The zero-order valence-corrected chi connectivity index (χ0v) is 14.3. The zero-order chi connectivity index (χ0) is 19.1. The van der Waals surface area contributed by atoms with Crippen molar-refractivity contribution < 1.29 is 19.5 Å². The predicted octanol–water partition coefficient (Wildman–Crippen LogP) is 1.54. The highest BCUT2D eigenvalue weighted by molar-refractivity contribution is 6.39. The fourth-order valence-corrected chi connectivity index (χ4v) is 1.99. The first kappa shape index (κ1) is 18.7. The van der Waals surface area contributed by atoms with E-state index in [1.165, 1.54) is 30.5 Å². The van der Waals surface area contributed by atoms with E-state index in [4.69, 9.17) is 5.11 Å². The summed E-state index contributed by atoms with van der Waals surface area (Å²) in [6.45, 7) is 0. The number of nitrogens with one attached hydrogen (secondary N) is 2. The Labute approximate surface area is 150 Å². The fourth-order valence-electron chi connectivity index (χ4n) is 1.99. The fraction of sp³-hybridized carbons (Fsp3) is 0.111. The molecule has 0 bridgehead atoms. The van der Waals surface area contributed by atoms with Crippen molar-refractivity contribution in [1.82, 2.24) is 5.43 Å². The summed E-state index contributed by atoms with van der Waals surface area (Å²) in [6.07, 6.45) is 1.41. The van der Waals surface area contributed by atoms with Crippen molar-refractivity contribution in [3.63, 3.8) is 0 Å². The molecular formula is C18H18N4O4. The summed E-state index contributed by atoms with van der Waals surface area (Å²) in [7, 11) is 3.85. The van der Waals surface area contributed by atoms with Crippen LogP contribution in [0.1, 0.15) is 15.9 Å². The van der Waals surface area contributed by atoms with Gasteiger partial charge in [0.1, 0.15) is 0 Å². The lowest BCUT2D eigenvalue weighted by Crippen LogP contribution is -2.32. The quantitative estimate of drug-likeness (QED) is 0.428. The maximum atomic E-state index is 11.8. The second-order valence-electron chi connectivity index (χ2n) is 5.53. The number of nitrogens with zero attached hydrogens (tertiary/aromatic N) is 2. The van der Waals surface area contributed by atoms with E-state index < -0.39 is 17.8 Å². The maximum absolute atomic E-state index is 11.8. The molecule has 0 unspecified atom stereocenters. The summed E-state index contributed by atoms with van der Waals surface area (Å²) >= 11 is 0. The van der Waals surface area contributed by atoms with Crippen LogP contribution in [-0.2, 0) is 9.59 Å². The van der Waals surface area contributed by atoms with Crippen molar-refractivity contribution in [2.75, 3.05) is 24.3 Å². The van der Waals surface area contributed by atoms with Crippen molar-refractivity contribution in [3.05, 3.63) is 59.7 Å². The molecule has 0 aliphatic heterocycles. The van der Waals surface area contributed by atoms with Crippen LogP contribution < -0.4 is 15.6 Å². The molecular weight excluding hydrogens is 336 g/mol. The maximum Gasteiger partial charge on any atom is 0.335 e. The summed E-state index contributed by atoms with van der Waals surface area (Å²) in [5.74, 6) is -3.05. The molecule has 0 atom stereocenters. The summed E-state index contributed by atoms with van der Waals surface area (Å²) < 4.78 is 0. The molecule has 2 aromatic rings. The summed E-state index contributed by atoms with van der Waals surface area (Å²) in [6, 6.07) is 13.0. The van der Waals surface area contributed by atoms with Crippen LogP contribution in [0.15, 0.2) is 53.6 Å². The largest absolute Gasteiger partial charge is 0.478 e. The highest BCUT2D eigenvalue weighted by Crippen LogP contribution is 2.11. The van der Waals surface area contributed by atoms with Gasteiger partial charge in [0.2, 0.25) is 0 Å². The van der Waals surface area contributed by atoms with E-state index in [9.17, 15) is 14.4 Å².